The fraction of sp³-hybridized carbons (Fsp3) is 0.588. The molecular formula is C17H25N3O4S. The van der Waals surface area contributed by atoms with Gasteiger partial charge in [0.25, 0.3) is 5.91 Å². The molecule has 0 aliphatic carbocycles. The van der Waals surface area contributed by atoms with Crippen LogP contribution in [0.4, 0.5) is 0 Å². The van der Waals surface area contributed by atoms with Gasteiger partial charge < -0.3 is 10.1 Å². The second-order valence-electron chi connectivity index (χ2n) is 6.77. The Labute approximate surface area is 148 Å². The Morgan fingerprint density at radius 3 is 2.88 bits per heavy atom. The lowest BCUT2D eigenvalue weighted by Crippen LogP contribution is -2.40. The van der Waals surface area contributed by atoms with E-state index in [1.807, 2.05) is 6.92 Å². The summed E-state index contributed by atoms with van der Waals surface area (Å²) in [6.45, 7) is 6.54. The van der Waals surface area contributed by atoms with Gasteiger partial charge >= 0.3 is 0 Å². The number of nitrogens with one attached hydrogen (secondary N) is 1. The average Bonchev–Trinajstić information content (AvgIpc) is 3.15. The first-order valence-electron chi connectivity index (χ1n) is 8.68. The van der Waals surface area contributed by atoms with Crippen LogP contribution in [0.5, 0.6) is 5.75 Å². The number of carbonyl (C=O) groups is 1. The van der Waals surface area contributed by atoms with Crippen molar-refractivity contribution in [1.29, 1.82) is 0 Å². The molecule has 2 aliphatic heterocycles. The second kappa shape index (κ2) is 6.93. The van der Waals surface area contributed by atoms with Gasteiger partial charge in [0, 0.05) is 19.0 Å². The predicted octanol–water partition coefficient (Wildman–Crippen LogP) is 0.872. The van der Waals surface area contributed by atoms with E-state index in [0.29, 0.717) is 30.3 Å². The summed E-state index contributed by atoms with van der Waals surface area (Å²) in [6.07, 6.45) is 2.65. The van der Waals surface area contributed by atoms with Crippen molar-refractivity contribution in [3.8, 4) is 5.75 Å². The smallest absolute Gasteiger partial charge is 0.255 e. The van der Waals surface area contributed by atoms with E-state index < -0.39 is 10.0 Å². The van der Waals surface area contributed by atoms with Crippen LogP contribution in [0.1, 0.15) is 42.6 Å². The molecule has 8 heteroatoms. The van der Waals surface area contributed by atoms with Crippen molar-refractivity contribution >= 4 is 15.9 Å². The van der Waals surface area contributed by atoms with Gasteiger partial charge in [-0.25, -0.2) is 13.6 Å². The molecule has 2 aliphatic rings. The Balaban J connectivity index is 1.83. The number of hydrogen-bond acceptors (Lipinski definition) is 5. The molecule has 0 unspecified atom stereocenters. The van der Waals surface area contributed by atoms with E-state index in [0.717, 1.165) is 25.9 Å². The summed E-state index contributed by atoms with van der Waals surface area (Å²) in [5.41, 5.74) is 0.951. The highest BCUT2D eigenvalue weighted by Crippen LogP contribution is 2.35. The number of sulfonamides is 1. The van der Waals surface area contributed by atoms with Crippen LogP contribution in [0.15, 0.2) is 17.0 Å². The predicted molar refractivity (Wildman–Crippen MR) is 94.2 cm³/mol. The van der Waals surface area contributed by atoms with Crippen LogP contribution in [-0.2, 0) is 16.4 Å². The van der Waals surface area contributed by atoms with Gasteiger partial charge in [0.2, 0.25) is 10.0 Å². The summed E-state index contributed by atoms with van der Waals surface area (Å²) < 4.78 is 29.2. The molecule has 1 aromatic rings. The number of primary sulfonamides is 1. The number of amides is 1. The topological polar surface area (TPSA) is 102 Å². The van der Waals surface area contributed by atoms with E-state index in [4.69, 9.17) is 9.88 Å². The molecule has 0 aromatic heterocycles. The van der Waals surface area contributed by atoms with Crippen LogP contribution in [0, 0.1) is 0 Å². The molecular weight excluding hydrogens is 342 g/mol. The maximum absolute atomic E-state index is 12.7. The summed E-state index contributed by atoms with van der Waals surface area (Å²) in [5.74, 6) is 0.148. The fourth-order valence-corrected chi connectivity index (χ4v) is 4.27. The lowest BCUT2D eigenvalue weighted by atomic mass is 10.1. The quantitative estimate of drug-likeness (QED) is 0.804. The lowest BCUT2D eigenvalue weighted by molar-refractivity contribution is 0.0936. The largest absolute Gasteiger partial charge is 0.489 e. The SMILES string of the molecule is CCN1CCC[C@@H]1CNC(=O)c1cc(S(N)(=O)=O)cc2c1O[C@@H](C)C2. The first-order chi connectivity index (χ1) is 11.8. The zero-order valence-corrected chi connectivity index (χ0v) is 15.4. The van der Waals surface area contributed by atoms with E-state index in [1.165, 1.54) is 12.1 Å². The summed E-state index contributed by atoms with van der Waals surface area (Å²) >= 11 is 0. The molecule has 0 saturated carbocycles. The number of carbonyl (C=O) groups excluding carboxylic acids is 1. The standard InChI is InChI=1S/C17H25N3O4S/c1-3-20-6-4-5-13(20)10-19-17(21)15-9-14(25(18,22)23)8-12-7-11(2)24-16(12)15/h8-9,11,13H,3-7,10H2,1-2H3,(H,19,21)(H2,18,22,23)/t11-,13+/m0/s1. The number of nitrogens with two attached hydrogens (primary N) is 1. The van der Waals surface area contributed by atoms with Gasteiger partial charge in [0.15, 0.2) is 0 Å². The molecule has 138 valence electrons. The first-order valence-corrected chi connectivity index (χ1v) is 10.2. The molecule has 2 atom stereocenters. The van der Waals surface area contributed by atoms with Crippen LogP contribution < -0.4 is 15.2 Å². The van der Waals surface area contributed by atoms with E-state index in [9.17, 15) is 13.2 Å². The van der Waals surface area contributed by atoms with Crippen molar-refractivity contribution in [2.24, 2.45) is 5.14 Å². The molecule has 7 nitrogen and oxygen atoms in total. The van der Waals surface area contributed by atoms with Crippen LogP contribution in [-0.4, -0.2) is 51.0 Å². The van der Waals surface area contributed by atoms with Gasteiger partial charge in [0.1, 0.15) is 11.9 Å². The third-order valence-electron chi connectivity index (χ3n) is 4.94. The lowest BCUT2D eigenvalue weighted by Gasteiger charge is -2.23. The first kappa shape index (κ1) is 18.2. The Bertz CT molecular complexity index is 778. The molecule has 1 amide bonds. The van der Waals surface area contributed by atoms with Crippen LogP contribution in [0.25, 0.3) is 0 Å². The van der Waals surface area contributed by atoms with Crippen molar-refractivity contribution in [2.75, 3.05) is 19.6 Å². The number of benzene rings is 1. The molecule has 1 fully saturated rings. The number of likely N-dealkylation sites (tertiary alicyclic amines) is 1. The fourth-order valence-electron chi connectivity index (χ4n) is 3.68. The Kier molecular flexibility index (Phi) is 5.04. The van der Waals surface area contributed by atoms with Gasteiger partial charge in [-0.2, -0.15) is 0 Å². The van der Waals surface area contributed by atoms with Crippen molar-refractivity contribution in [3.63, 3.8) is 0 Å². The molecule has 0 bridgehead atoms. The van der Waals surface area contributed by atoms with E-state index in [1.54, 1.807) is 0 Å². The van der Waals surface area contributed by atoms with E-state index in [2.05, 4.69) is 17.1 Å². The maximum atomic E-state index is 12.7. The summed E-state index contributed by atoms with van der Waals surface area (Å²) in [5, 5.41) is 8.19. The van der Waals surface area contributed by atoms with Gasteiger partial charge in [0.05, 0.1) is 10.5 Å². The Hall–Kier alpha value is -1.64. The maximum Gasteiger partial charge on any atom is 0.255 e. The summed E-state index contributed by atoms with van der Waals surface area (Å²) in [4.78, 5) is 15.0. The van der Waals surface area contributed by atoms with Crippen LogP contribution >= 0.6 is 0 Å². The minimum Gasteiger partial charge on any atom is -0.489 e. The van der Waals surface area contributed by atoms with Crippen LogP contribution in [0.3, 0.4) is 0 Å². The number of ether oxygens (including phenoxy) is 1. The Morgan fingerprint density at radius 2 is 2.20 bits per heavy atom. The minimum absolute atomic E-state index is 0.0508. The number of rotatable bonds is 5. The molecule has 3 rings (SSSR count). The molecule has 1 saturated heterocycles. The van der Waals surface area contributed by atoms with Gasteiger partial charge in [-0.05, 0) is 50.6 Å². The Morgan fingerprint density at radius 1 is 1.44 bits per heavy atom. The van der Waals surface area contributed by atoms with E-state index in [-0.39, 0.29) is 22.5 Å². The molecule has 2 heterocycles. The van der Waals surface area contributed by atoms with E-state index >= 15 is 0 Å². The van der Waals surface area contributed by atoms with Crippen molar-refractivity contribution < 1.29 is 17.9 Å². The van der Waals surface area contributed by atoms with Crippen LogP contribution in [0.2, 0.25) is 0 Å². The number of nitrogens with zero attached hydrogens (tertiary/aromatic N) is 1. The highest BCUT2D eigenvalue weighted by Gasteiger charge is 2.29. The number of likely N-dealkylation sites (N-methyl/N-ethyl adjacent to an activating group) is 1. The third-order valence-corrected chi connectivity index (χ3v) is 5.84. The second-order valence-corrected chi connectivity index (χ2v) is 8.33. The highest BCUT2D eigenvalue weighted by molar-refractivity contribution is 7.89. The molecule has 0 radical (unpaired) electrons. The molecule has 0 spiro atoms. The molecule has 3 N–H and O–H groups in total. The number of fused-ring (bicyclic) bond motifs is 1. The van der Waals surface area contributed by atoms with Gasteiger partial charge in [-0.15, -0.1) is 0 Å². The molecule has 25 heavy (non-hydrogen) atoms. The summed E-state index contributed by atoms with van der Waals surface area (Å²) in [6, 6.07) is 3.14. The van der Waals surface area contributed by atoms with Crippen molar-refractivity contribution in [2.45, 2.75) is 50.2 Å². The third kappa shape index (κ3) is 3.80. The minimum atomic E-state index is -3.89. The monoisotopic (exact) mass is 367 g/mol. The zero-order chi connectivity index (χ0) is 18.2. The van der Waals surface area contributed by atoms with Crippen molar-refractivity contribution in [3.05, 3.63) is 23.3 Å². The zero-order valence-electron chi connectivity index (χ0n) is 14.6. The van der Waals surface area contributed by atoms with Gasteiger partial charge in [-0.3, -0.25) is 9.69 Å². The normalized spacial score (nSPS) is 23.3. The van der Waals surface area contributed by atoms with Gasteiger partial charge in [-0.1, -0.05) is 6.92 Å². The molecule has 1 aromatic carbocycles. The van der Waals surface area contributed by atoms with Crippen molar-refractivity contribution in [1.82, 2.24) is 10.2 Å². The highest BCUT2D eigenvalue weighted by atomic mass is 32.2. The average molecular weight is 367 g/mol. The summed E-state index contributed by atoms with van der Waals surface area (Å²) in [7, 11) is -3.89. The number of hydrogen-bond donors (Lipinski definition) is 2.